The maximum Gasteiger partial charge on any atom is 0.417 e. The van der Waals surface area contributed by atoms with Gasteiger partial charge >= 0.3 is 6.18 Å². The molecule has 0 aliphatic carbocycles. The van der Waals surface area contributed by atoms with Crippen molar-refractivity contribution in [3.8, 4) is 5.75 Å². The molecule has 0 bridgehead atoms. The van der Waals surface area contributed by atoms with Crippen LogP contribution in [0, 0.1) is 5.41 Å². The first-order valence-corrected chi connectivity index (χ1v) is 5.98. The number of rotatable bonds is 5. The minimum atomic E-state index is -4.53. The zero-order valence-corrected chi connectivity index (χ0v) is 10.8. The average Bonchev–Trinajstić information content (AvgIpc) is 2.27. The van der Waals surface area contributed by atoms with Gasteiger partial charge in [0.05, 0.1) is 11.7 Å². The molecular weight excluding hydrogens is 257 g/mol. The van der Waals surface area contributed by atoms with Crippen molar-refractivity contribution in [2.75, 3.05) is 0 Å². The van der Waals surface area contributed by atoms with E-state index in [9.17, 15) is 13.2 Å². The fourth-order valence-corrected chi connectivity index (χ4v) is 1.76. The summed E-state index contributed by atoms with van der Waals surface area (Å²) in [7, 11) is 0. The quantitative estimate of drug-likeness (QED) is 0.637. The first-order valence-electron chi connectivity index (χ1n) is 5.98. The van der Waals surface area contributed by atoms with Crippen LogP contribution in [-0.2, 0) is 6.18 Å². The summed E-state index contributed by atoms with van der Waals surface area (Å²) in [6, 6.07) is 3.31. The molecule has 0 saturated heterocycles. The Kier molecular flexibility index (Phi) is 4.80. The van der Waals surface area contributed by atoms with Crippen LogP contribution in [0.4, 0.5) is 13.2 Å². The molecule has 0 amide bonds. The number of ether oxygens (including phenoxy) is 1. The summed E-state index contributed by atoms with van der Waals surface area (Å²) in [5.41, 5.74) is 3.92. The molecule has 19 heavy (non-hydrogen) atoms. The van der Waals surface area contributed by atoms with Gasteiger partial charge in [-0.05, 0) is 31.5 Å². The highest BCUT2D eigenvalue weighted by Crippen LogP contribution is 2.33. The number of alkyl halides is 3. The van der Waals surface area contributed by atoms with Crippen LogP contribution in [0.25, 0.3) is 0 Å². The molecular formula is C13H17F3N2O. The fraction of sp³-hybridized carbons (Fsp3) is 0.462. The fourth-order valence-electron chi connectivity index (χ4n) is 1.76. The lowest BCUT2D eigenvalue weighted by Crippen LogP contribution is -2.19. The lowest BCUT2D eigenvalue weighted by Gasteiger charge is -2.17. The summed E-state index contributed by atoms with van der Waals surface area (Å²) in [4.78, 5) is 0. The molecule has 0 spiro atoms. The van der Waals surface area contributed by atoms with Gasteiger partial charge in [-0.1, -0.05) is 13.3 Å². The van der Waals surface area contributed by atoms with E-state index in [1.165, 1.54) is 6.07 Å². The monoisotopic (exact) mass is 274 g/mol. The van der Waals surface area contributed by atoms with E-state index in [4.69, 9.17) is 15.9 Å². The molecule has 1 aromatic carbocycles. The summed E-state index contributed by atoms with van der Waals surface area (Å²) in [6.45, 7) is 3.84. The zero-order valence-electron chi connectivity index (χ0n) is 10.8. The number of amidine groups is 1. The maximum absolute atomic E-state index is 12.7. The average molecular weight is 274 g/mol. The second-order valence-electron chi connectivity index (χ2n) is 4.34. The van der Waals surface area contributed by atoms with Crippen molar-refractivity contribution in [2.45, 2.75) is 39.0 Å². The number of halogens is 3. The Morgan fingerprint density at radius 1 is 1.42 bits per heavy atom. The molecule has 0 heterocycles. The first kappa shape index (κ1) is 15.3. The normalized spacial score (nSPS) is 13.1. The van der Waals surface area contributed by atoms with E-state index in [2.05, 4.69) is 0 Å². The molecule has 106 valence electrons. The van der Waals surface area contributed by atoms with Crippen molar-refractivity contribution in [2.24, 2.45) is 5.73 Å². The molecule has 0 fully saturated rings. The molecule has 0 aliphatic heterocycles. The highest BCUT2D eigenvalue weighted by Gasteiger charge is 2.34. The van der Waals surface area contributed by atoms with Gasteiger partial charge in [0.25, 0.3) is 0 Å². The lowest BCUT2D eigenvalue weighted by molar-refractivity contribution is -0.137. The van der Waals surface area contributed by atoms with Crippen LogP contribution in [-0.4, -0.2) is 11.9 Å². The van der Waals surface area contributed by atoms with Gasteiger partial charge in [0.2, 0.25) is 0 Å². The number of hydrogen-bond acceptors (Lipinski definition) is 2. The lowest BCUT2D eigenvalue weighted by atomic mass is 10.1. The zero-order chi connectivity index (χ0) is 14.6. The Morgan fingerprint density at radius 3 is 2.53 bits per heavy atom. The van der Waals surface area contributed by atoms with Crippen LogP contribution in [0.3, 0.4) is 0 Å². The molecule has 3 N–H and O–H groups in total. The SMILES string of the molecule is CCCC(C)Oc1ccc(C(F)(F)F)c(C(=N)N)c1. The Hall–Kier alpha value is -1.72. The van der Waals surface area contributed by atoms with Gasteiger partial charge in [0.15, 0.2) is 0 Å². The van der Waals surface area contributed by atoms with Crippen molar-refractivity contribution >= 4 is 5.84 Å². The second kappa shape index (κ2) is 5.95. The van der Waals surface area contributed by atoms with E-state index >= 15 is 0 Å². The van der Waals surface area contributed by atoms with Gasteiger partial charge in [-0.3, -0.25) is 5.41 Å². The van der Waals surface area contributed by atoms with E-state index in [1.807, 2.05) is 13.8 Å². The number of nitrogen functional groups attached to an aromatic ring is 1. The van der Waals surface area contributed by atoms with E-state index in [-0.39, 0.29) is 11.7 Å². The van der Waals surface area contributed by atoms with Crippen molar-refractivity contribution in [3.05, 3.63) is 29.3 Å². The second-order valence-corrected chi connectivity index (χ2v) is 4.34. The third-order valence-corrected chi connectivity index (χ3v) is 2.62. The highest BCUT2D eigenvalue weighted by molar-refractivity contribution is 5.97. The van der Waals surface area contributed by atoms with Gasteiger partial charge in [-0.2, -0.15) is 13.2 Å². The molecule has 1 unspecified atom stereocenters. The molecule has 3 nitrogen and oxygen atoms in total. The van der Waals surface area contributed by atoms with Crippen LogP contribution in [0.5, 0.6) is 5.75 Å². The predicted octanol–water partition coefficient (Wildman–Crippen LogP) is 3.56. The van der Waals surface area contributed by atoms with E-state index in [0.717, 1.165) is 25.0 Å². The van der Waals surface area contributed by atoms with Crippen LogP contribution in [0.1, 0.15) is 37.8 Å². The van der Waals surface area contributed by atoms with E-state index in [0.29, 0.717) is 5.75 Å². The minimum Gasteiger partial charge on any atom is -0.491 e. The molecule has 6 heteroatoms. The summed E-state index contributed by atoms with van der Waals surface area (Å²) < 4.78 is 43.7. The van der Waals surface area contributed by atoms with Crippen molar-refractivity contribution < 1.29 is 17.9 Å². The summed E-state index contributed by atoms with van der Waals surface area (Å²) in [5.74, 6) is -0.333. The maximum atomic E-state index is 12.7. The van der Waals surface area contributed by atoms with Crippen molar-refractivity contribution in [1.82, 2.24) is 0 Å². The number of hydrogen-bond donors (Lipinski definition) is 2. The molecule has 0 saturated carbocycles. The summed E-state index contributed by atoms with van der Waals surface area (Å²) >= 11 is 0. The van der Waals surface area contributed by atoms with E-state index < -0.39 is 17.6 Å². The van der Waals surface area contributed by atoms with Crippen LogP contribution in [0.15, 0.2) is 18.2 Å². The Labute approximate surface area is 110 Å². The van der Waals surface area contributed by atoms with E-state index in [1.54, 1.807) is 0 Å². The van der Waals surface area contributed by atoms with Crippen molar-refractivity contribution in [3.63, 3.8) is 0 Å². The van der Waals surface area contributed by atoms with Gasteiger partial charge < -0.3 is 10.5 Å². The Bertz CT molecular complexity index is 458. The van der Waals surface area contributed by atoms with Crippen molar-refractivity contribution in [1.29, 1.82) is 5.41 Å². The third kappa shape index (κ3) is 4.15. The molecule has 0 aliphatic rings. The summed E-state index contributed by atoms with van der Waals surface area (Å²) in [5, 5.41) is 7.24. The number of nitrogens with one attached hydrogen (secondary N) is 1. The molecule has 1 atom stereocenters. The van der Waals surface area contributed by atoms with Crippen LogP contribution in [0.2, 0.25) is 0 Å². The predicted molar refractivity (Wildman–Crippen MR) is 67.5 cm³/mol. The van der Waals surface area contributed by atoms with Crippen LogP contribution < -0.4 is 10.5 Å². The Balaban J connectivity index is 3.07. The van der Waals surface area contributed by atoms with Gasteiger partial charge in [-0.25, -0.2) is 0 Å². The topological polar surface area (TPSA) is 59.1 Å². The first-order chi connectivity index (χ1) is 8.75. The summed E-state index contributed by atoms with van der Waals surface area (Å²) in [6.07, 6.45) is -2.91. The highest BCUT2D eigenvalue weighted by atomic mass is 19.4. The molecule has 0 aromatic heterocycles. The standard InChI is InChI=1S/C13H17F3N2O/c1-3-4-8(2)19-9-5-6-11(13(14,15)16)10(7-9)12(17)18/h5-8H,3-4H2,1-2H3,(H3,17,18). The molecule has 1 aromatic rings. The number of benzene rings is 1. The minimum absolute atomic E-state index is 0.0958. The number of nitrogens with two attached hydrogens (primary N) is 1. The van der Waals surface area contributed by atoms with Gasteiger partial charge in [0.1, 0.15) is 11.6 Å². The van der Waals surface area contributed by atoms with Crippen LogP contribution >= 0.6 is 0 Å². The molecule has 0 radical (unpaired) electrons. The third-order valence-electron chi connectivity index (χ3n) is 2.62. The molecule has 1 rings (SSSR count). The largest absolute Gasteiger partial charge is 0.491 e. The van der Waals surface area contributed by atoms with Gasteiger partial charge in [-0.15, -0.1) is 0 Å². The smallest absolute Gasteiger partial charge is 0.417 e. The van der Waals surface area contributed by atoms with Gasteiger partial charge in [0, 0.05) is 5.56 Å². The Morgan fingerprint density at radius 2 is 2.05 bits per heavy atom.